The van der Waals surface area contributed by atoms with Crippen LogP contribution in [0.2, 0.25) is 0 Å². The number of nitrogens with zero attached hydrogens (tertiary/aromatic N) is 1. The molecule has 0 spiro atoms. The Bertz CT molecular complexity index is 211. The molecule has 2 N–H and O–H groups in total. The molecule has 4 heteroatoms. The lowest BCUT2D eigenvalue weighted by Crippen LogP contribution is -2.45. The van der Waals surface area contributed by atoms with Crippen LogP contribution in [0.4, 0.5) is 0 Å². The molecule has 1 saturated heterocycles. The van der Waals surface area contributed by atoms with Crippen molar-refractivity contribution in [1.82, 2.24) is 4.90 Å². The standard InChI is InChI=1S/C13H26N2O2/c1-2-15(9-13-7-8-16-10-17-13)12-5-3-11(14)4-6-12/h11-13H,2-10,14H2,1H3. The first-order valence-corrected chi connectivity index (χ1v) is 6.98. The van der Waals surface area contributed by atoms with E-state index in [1.54, 1.807) is 0 Å². The van der Waals surface area contributed by atoms with Gasteiger partial charge in [-0.05, 0) is 38.6 Å². The molecule has 0 aromatic rings. The molecule has 0 aromatic heterocycles. The van der Waals surface area contributed by atoms with Crippen LogP contribution >= 0.6 is 0 Å². The van der Waals surface area contributed by atoms with E-state index in [2.05, 4.69) is 11.8 Å². The van der Waals surface area contributed by atoms with E-state index in [-0.39, 0.29) is 0 Å². The molecule has 0 radical (unpaired) electrons. The Morgan fingerprint density at radius 1 is 1.18 bits per heavy atom. The lowest BCUT2D eigenvalue weighted by Gasteiger charge is -2.38. The molecular weight excluding hydrogens is 216 g/mol. The van der Waals surface area contributed by atoms with E-state index < -0.39 is 0 Å². The van der Waals surface area contributed by atoms with Gasteiger partial charge in [-0.2, -0.15) is 0 Å². The van der Waals surface area contributed by atoms with Crippen LogP contribution in [0.5, 0.6) is 0 Å². The van der Waals surface area contributed by atoms with Crippen molar-refractivity contribution in [2.24, 2.45) is 5.73 Å². The molecule has 2 aliphatic rings. The second kappa shape index (κ2) is 6.69. The molecule has 4 nitrogen and oxygen atoms in total. The van der Waals surface area contributed by atoms with Gasteiger partial charge in [-0.25, -0.2) is 0 Å². The van der Waals surface area contributed by atoms with Crippen molar-refractivity contribution in [2.45, 2.75) is 57.2 Å². The Morgan fingerprint density at radius 2 is 1.94 bits per heavy atom. The Kier molecular flexibility index (Phi) is 5.22. The molecule has 100 valence electrons. The van der Waals surface area contributed by atoms with Gasteiger partial charge in [0.2, 0.25) is 0 Å². The summed E-state index contributed by atoms with van der Waals surface area (Å²) in [6.07, 6.45) is 6.24. The van der Waals surface area contributed by atoms with Gasteiger partial charge in [-0.1, -0.05) is 6.92 Å². The van der Waals surface area contributed by atoms with Crippen LogP contribution in [-0.4, -0.2) is 49.6 Å². The molecule has 1 atom stereocenters. The van der Waals surface area contributed by atoms with E-state index in [1.807, 2.05) is 0 Å². The van der Waals surface area contributed by atoms with Crippen LogP contribution in [0.25, 0.3) is 0 Å². The Morgan fingerprint density at radius 3 is 2.53 bits per heavy atom. The summed E-state index contributed by atoms with van der Waals surface area (Å²) in [5.41, 5.74) is 5.96. The maximum Gasteiger partial charge on any atom is 0.147 e. The minimum atomic E-state index is 0.360. The molecule has 17 heavy (non-hydrogen) atoms. The summed E-state index contributed by atoms with van der Waals surface area (Å²) in [6, 6.07) is 1.15. The van der Waals surface area contributed by atoms with Crippen LogP contribution in [0.1, 0.15) is 39.0 Å². The van der Waals surface area contributed by atoms with Gasteiger partial charge < -0.3 is 15.2 Å². The van der Waals surface area contributed by atoms with Gasteiger partial charge in [0.25, 0.3) is 0 Å². The zero-order valence-corrected chi connectivity index (χ0v) is 10.9. The first-order valence-electron chi connectivity index (χ1n) is 6.98. The van der Waals surface area contributed by atoms with E-state index in [4.69, 9.17) is 15.2 Å². The largest absolute Gasteiger partial charge is 0.355 e. The maximum atomic E-state index is 5.96. The van der Waals surface area contributed by atoms with E-state index >= 15 is 0 Å². The fourth-order valence-electron chi connectivity index (χ4n) is 2.91. The van der Waals surface area contributed by atoms with E-state index in [9.17, 15) is 0 Å². The van der Waals surface area contributed by atoms with Gasteiger partial charge in [-0.3, -0.25) is 4.90 Å². The van der Waals surface area contributed by atoms with Gasteiger partial charge in [0.1, 0.15) is 6.79 Å². The van der Waals surface area contributed by atoms with Crippen molar-refractivity contribution in [1.29, 1.82) is 0 Å². The summed E-state index contributed by atoms with van der Waals surface area (Å²) in [4.78, 5) is 2.57. The molecule has 1 heterocycles. The van der Waals surface area contributed by atoms with Crippen molar-refractivity contribution < 1.29 is 9.47 Å². The molecule has 1 aliphatic heterocycles. The SMILES string of the molecule is CCN(CC1CCOCO1)C1CCC(N)CC1. The zero-order chi connectivity index (χ0) is 12.1. The fraction of sp³-hybridized carbons (Fsp3) is 1.00. The van der Waals surface area contributed by atoms with Gasteiger partial charge in [-0.15, -0.1) is 0 Å². The van der Waals surface area contributed by atoms with Crippen LogP contribution in [0.15, 0.2) is 0 Å². The van der Waals surface area contributed by atoms with Crippen LogP contribution < -0.4 is 5.73 Å². The van der Waals surface area contributed by atoms with Crippen molar-refractivity contribution in [2.75, 3.05) is 26.5 Å². The summed E-state index contributed by atoms with van der Waals surface area (Å²) in [6.45, 7) is 5.73. The highest BCUT2D eigenvalue weighted by molar-refractivity contribution is 4.82. The highest BCUT2D eigenvalue weighted by Crippen LogP contribution is 2.23. The number of rotatable bonds is 4. The normalized spacial score (nSPS) is 35.1. The first kappa shape index (κ1) is 13.3. The second-order valence-corrected chi connectivity index (χ2v) is 5.26. The van der Waals surface area contributed by atoms with Crippen molar-refractivity contribution >= 4 is 0 Å². The van der Waals surface area contributed by atoms with Gasteiger partial charge in [0.05, 0.1) is 12.7 Å². The molecule has 0 aromatic carbocycles. The number of hydrogen-bond acceptors (Lipinski definition) is 4. The summed E-state index contributed by atoms with van der Waals surface area (Å²) in [5, 5.41) is 0. The van der Waals surface area contributed by atoms with E-state index in [1.165, 1.54) is 25.7 Å². The molecule has 1 unspecified atom stereocenters. The van der Waals surface area contributed by atoms with Crippen LogP contribution in [0, 0.1) is 0 Å². The van der Waals surface area contributed by atoms with Crippen LogP contribution in [-0.2, 0) is 9.47 Å². The van der Waals surface area contributed by atoms with Gasteiger partial charge in [0.15, 0.2) is 0 Å². The number of nitrogens with two attached hydrogens (primary N) is 1. The third-order valence-electron chi connectivity index (χ3n) is 4.07. The molecule has 2 fully saturated rings. The molecular formula is C13H26N2O2. The topological polar surface area (TPSA) is 47.7 Å². The quantitative estimate of drug-likeness (QED) is 0.808. The van der Waals surface area contributed by atoms with E-state index in [0.29, 0.717) is 25.0 Å². The first-order chi connectivity index (χ1) is 8.29. The lowest BCUT2D eigenvalue weighted by molar-refractivity contribution is -0.146. The Labute approximate surface area is 104 Å². The lowest BCUT2D eigenvalue weighted by atomic mass is 9.90. The number of ether oxygens (including phenoxy) is 2. The third-order valence-corrected chi connectivity index (χ3v) is 4.07. The molecule has 1 aliphatic carbocycles. The smallest absolute Gasteiger partial charge is 0.147 e. The van der Waals surface area contributed by atoms with Gasteiger partial charge >= 0.3 is 0 Å². The molecule has 0 amide bonds. The Hall–Kier alpha value is -0.160. The van der Waals surface area contributed by atoms with Crippen molar-refractivity contribution in [3.63, 3.8) is 0 Å². The average Bonchev–Trinajstić information content (AvgIpc) is 2.38. The minimum Gasteiger partial charge on any atom is -0.355 e. The van der Waals surface area contributed by atoms with Crippen LogP contribution in [0.3, 0.4) is 0 Å². The summed E-state index contributed by atoms with van der Waals surface area (Å²) in [5.74, 6) is 0. The highest BCUT2D eigenvalue weighted by Gasteiger charge is 2.26. The minimum absolute atomic E-state index is 0.360. The third kappa shape index (κ3) is 3.91. The number of hydrogen-bond donors (Lipinski definition) is 1. The zero-order valence-electron chi connectivity index (χ0n) is 10.9. The summed E-state index contributed by atoms with van der Waals surface area (Å²) >= 11 is 0. The van der Waals surface area contributed by atoms with Crippen molar-refractivity contribution in [3.05, 3.63) is 0 Å². The molecule has 2 rings (SSSR count). The maximum absolute atomic E-state index is 5.96. The number of likely N-dealkylation sites (N-methyl/N-ethyl adjacent to an activating group) is 1. The predicted octanol–water partition coefficient (Wildman–Crippen LogP) is 1.34. The molecule has 1 saturated carbocycles. The fourth-order valence-corrected chi connectivity index (χ4v) is 2.91. The predicted molar refractivity (Wildman–Crippen MR) is 67.8 cm³/mol. The molecule has 0 bridgehead atoms. The highest BCUT2D eigenvalue weighted by atomic mass is 16.7. The second-order valence-electron chi connectivity index (χ2n) is 5.26. The summed E-state index contributed by atoms with van der Waals surface area (Å²) in [7, 11) is 0. The summed E-state index contributed by atoms with van der Waals surface area (Å²) < 4.78 is 10.9. The monoisotopic (exact) mass is 242 g/mol. The van der Waals surface area contributed by atoms with E-state index in [0.717, 1.165) is 26.1 Å². The average molecular weight is 242 g/mol. The van der Waals surface area contributed by atoms with Crippen molar-refractivity contribution in [3.8, 4) is 0 Å². The van der Waals surface area contributed by atoms with Gasteiger partial charge in [0, 0.05) is 18.6 Å². The Balaban J connectivity index is 1.78.